The van der Waals surface area contributed by atoms with Crippen molar-refractivity contribution in [1.29, 1.82) is 0 Å². The number of ketones is 1. The van der Waals surface area contributed by atoms with E-state index in [4.69, 9.17) is 14.2 Å². The molecule has 0 amide bonds. The SMILES string of the molecule is COC(=O)CC(c1ccc(OCc2ccc(OCC(=O)c3ccccc3)cc2)cc1)N(C)C. The molecule has 3 rings (SSSR count). The van der Waals surface area contributed by atoms with Crippen molar-refractivity contribution in [2.45, 2.75) is 19.1 Å². The highest BCUT2D eigenvalue weighted by Crippen LogP contribution is 2.25. The lowest BCUT2D eigenvalue weighted by molar-refractivity contribution is -0.141. The number of ether oxygens (including phenoxy) is 3. The first-order valence-electron chi connectivity index (χ1n) is 10.7. The van der Waals surface area contributed by atoms with Crippen molar-refractivity contribution in [1.82, 2.24) is 4.90 Å². The van der Waals surface area contributed by atoms with E-state index in [-0.39, 0.29) is 30.8 Å². The molecule has 0 saturated heterocycles. The molecule has 0 bridgehead atoms. The normalized spacial score (nSPS) is 11.6. The second kappa shape index (κ2) is 11.8. The van der Waals surface area contributed by atoms with Crippen molar-refractivity contribution in [3.8, 4) is 11.5 Å². The molecular weight excluding hydrogens is 418 g/mol. The molecule has 1 atom stereocenters. The topological polar surface area (TPSA) is 65.1 Å². The Balaban J connectivity index is 1.50. The molecule has 172 valence electrons. The van der Waals surface area contributed by atoms with Gasteiger partial charge in [0, 0.05) is 11.6 Å². The number of carbonyl (C=O) groups excluding carboxylic acids is 2. The molecule has 0 aliphatic carbocycles. The lowest BCUT2D eigenvalue weighted by Crippen LogP contribution is -2.23. The van der Waals surface area contributed by atoms with Gasteiger partial charge in [0.15, 0.2) is 12.4 Å². The number of hydrogen-bond acceptors (Lipinski definition) is 6. The monoisotopic (exact) mass is 447 g/mol. The highest BCUT2D eigenvalue weighted by atomic mass is 16.5. The van der Waals surface area contributed by atoms with Crippen LogP contribution in [0.3, 0.4) is 0 Å². The molecule has 0 aliphatic heterocycles. The number of esters is 1. The number of Topliss-reactive ketones (excluding diaryl/α,β-unsaturated/α-hetero) is 1. The molecule has 0 N–H and O–H groups in total. The lowest BCUT2D eigenvalue weighted by atomic mass is 10.0. The molecule has 6 heteroatoms. The van der Waals surface area contributed by atoms with E-state index in [1.165, 1.54) is 7.11 Å². The standard InChI is InChI=1S/C27H29NO5/c1-28(2)25(17-27(30)31-3)21-11-15-24(16-12-21)32-18-20-9-13-23(14-10-20)33-19-26(29)22-7-5-4-6-8-22/h4-16,25H,17-19H2,1-3H3. The molecule has 33 heavy (non-hydrogen) atoms. The molecule has 0 heterocycles. The van der Waals surface area contributed by atoms with Crippen LogP contribution < -0.4 is 9.47 Å². The van der Waals surface area contributed by atoms with Gasteiger partial charge >= 0.3 is 5.97 Å². The van der Waals surface area contributed by atoms with Crippen molar-refractivity contribution >= 4 is 11.8 Å². The molecule has 3 aromatic rings. The predicted octanol–water partition coefficient (Wildman–Crippen LogP) is 4.69. The molecular formula is C27H29NO5. The largest absolute Gasteiger partial charge is 0.489 e. The lowest BCUT2D eigenvalue weighted by Gasteiger charge is -2.23. The first-order valence-corrected chi connectivity index (χ1v) is 10.7. The summed E-state index contributed by atoms with van der Waals surface area (Å²) in [6.45, 7) is 0.401. The third-order valence-electron chi connectivity index (χ3n) is 5.27. The summed E-state index contributed by atoms with van der Waals surface area (Å²) in [5, 5.41) is 0. The van der Waals surface area contributed by atoms with Gasteiger partial charge in [0.2, 0.25) is 0 Å². The number of methoxy groups -OCH3 is 1. The van der Waals surface area contributed by atoms with Crippen molar-refractivity contribution in [3.63, 3.8) is 0 Å². The maximum Gasteiger partial charge on any atom is 0.307 e. The molecule has 1 unspecified atom stereocenters. The molecule has 6 nitrogen and oxygen atoms in total. The van der Waals surface area contributed by atoms with Gasteiger partial charge in [-0.05, 0) is 49.5 Å². The molecule has 0 radical (unpaired) electrons. The fourth-order valence-corrected chi connectivity index (χ4v) is 3.33. The summed E-state index contributed by atoms with van der Waals surface area (Å²) < 4.78 is 16.3. The van der Waals surface area contributed by atoms with Crippen LogP contribution in [0.4, 0.5) is 0 Å². The Morgan fingerprint density at radius 2 is 1.42 bits per heavy atom. The number of rotatable bonds is 11. The van der Waals surface area contributed by atoms with Crippen molar-refractivity contribution < 1.29 is 23.8 Å². The van der Waals surface area contributed by atoms with Crippen molar-refractivity contribution in [2.75, 3.05) is 27.8 Å². The van der Waals surface area contributed by atoms with Gasteiger partial charge in [-0.25, -0.2) is 0 Å². The van der Waals surface area contributed by atoms with E-state index in [2.05, 4.69) is 0 Å². The van der Waals surface area contributed by atoms with E-state index in [0.29, 0.717) is 17.9 Å². The average Bonchev–Trinajstić information content (AvgIpc) is 2.85. The van der Waals surface area contributed by atoms with Gasteiger partial charge in [0.05, 0.1) is 13.5 Å². The molecule has 0 spiro atoms. The third-order valence-corrected chi connectivity index (χ3v) is 5.27. The van der Waals surface area contributed by atoms with Crippen LogP contribution in [0, 0.1) is 0 Å². The second-order valence-electron chi connectivity index (χ2n) is 7.84. The van der Waals surface area contributed by atoms with E-state index in [0.717, 1.165) is 16.9 Å². The Morgan fingerprint density at radius 1 is 0.818 bits per heavy atom. The molecule has 3 aromatic carbocycles. The fourth-order valence-electron chi connectivity index (χ4n) is 3.33. The third kappa shape index (κ3) is 7.19. The Kier molecular flexibility index (Phi) is 8.61. The summed E-state index contributed by atoms with van der Waals surface area (Å²) in [5.74, 6) is 1.07. The van der Waals surface area contributed by atoms with Gasteiger partial charge in [-0.3, -0.25) is 9.59 Å². The summed E-state index contributed by atoms with van der Waals surface area (Å²) in [4.78, 5) is 25.8. The summed E-state index contributed by atoms with van der Waals surface area (Å²) in [7, 11) is 5.26. The highest BCUT2D eigenvalue weighted by Gasteiger charge is 2.18. The van der Waals surface area contributed by atoms with Crippen LogP contribution in [0.25, 0.3) is 0 Å². The Morgan fingerprint density at radius 3 is 2.03 bits per heavy atom. The minimum absolute atomic E-state index is 0.00384. The van der Waals surface area contributed by atoms with Crippen molar-refractivity contribution in [3.05, 3.63) is 95.6 Å². The minimum atomic E-state index is -0.245. The minimum Gasteiger partial charge on any atom is -0.489 e. The summed E-state index contributed by atoms with van der Waals surface area (Å²) >= 11 is 0. The van der Waals surface area contributed by atoms with E-state index in [9.17, 15) is 9.59 Å². The number of carbonyl (C=O) groups is 2. The smallest absolute Gasteiger partial charge is 0.307 e. The zero-order chi connectivity index (χ0) is 23.6. The Hall–Kier alpha value is -3.64. The van der Waals surface area contributed by atoms with Crippen LogP contribution in [0.15, 0.2) is 78.9 Å². The number of benzene rings is 3. The summed E-state index contributed by atoms with van der Waals surface area (Å²) in [6.07, 6.45) is 0.287. The van der Waals surface area contributed by atoms with Gasteiger partial charge in [0.25, 0.3) is 0 Å². The molecule has 0 aromatic heterocycles. The fraction of sp³-hybridized carbons (Fsp3) is 0.259. The van der Waals surface area contributed by atoms with Gasteiger partial charge in [-0.15, -0.1) is 0 Å². The zero-order valence-corrected chi connectivity index (χ0v) is 19.2. The predicted molar refractivity (Wildman–Crippen MR) is 127 cm³/mol. The van der Waals surface area contributed by atoms with Gasteiger partial charge in [-0.1, -0.05) is 54.6 Å². The highest BCUT2D eigenvalue weighted by molar-refractivity contribution is 5.97. The first-order chi connectivity index (χ1) is 16.0. The van der Waals surface area contributed by atoms with Crippen LogP contribution in [-0.2, 0) is 16.1 Å². The molecule has 0 fully saturated rings. The van der Waals surface area contributed by atoms with E-state index in [1.54, 1.807) is 12.1 Å². The van der Waals surface area contributed by atoms with Crippen LogP contribution in [0.5, 0.6) is 11.5 Å². The van der Waals surface area contributed by atoms with Crippen LogP contribution in [0.2, 0.25) is 0 Å². The van der Waals surface area contributed by atoms with Crippen LogP contribution in [-0.4, -0.2) is 44.5 Å². The van der Waals surface area contributed by atoms with Crippen LogP contribution >= 0.6 is 0 Å². The summed E-state index contributed by atoms with van der Waals surface area (Å²) in [5.41, 5.74) is 2.64. The maximum atomic E-state index is 12.1. The van der Waals surface area contributed by atoms with Gasteiger partial charge < -0.3 is 19.1 Å². The van der Waals surface area contributed by atoms with E-state index < -0.39 is 0 Å². The maximum absolute atomic E-state index is 12.1. The molecule has 0 saturated carbocycles. The average molecular weight is 448 g/mol. The molecule has 0 aliphatic rings. The van der Waals surface area contributed by atoms with E-state index in [1.807, 2.05) is 85.7 Å². The number of hydrogen-bond donors (Lipinski definition) is 0. The summed E-state index contributed by atoms with van der Waals surface area (Å²) in [6, 6.07) is 24.2. The van der Waals surface area contributed by atoms with Crippen LogP contribution in [0.1, 0.15) is 33.9 Å². The second-order valence-corrected chi connectivity index (χ2v) is 7.84. The quantitative estimate of drug-likeness (QED) is 0.314. The van der Waals surface area contributed by atoms with Gasteiger partial charge in [0.1, 0.15) is 18.1 Å². The Labute approximate surface area is 194 Å². The van der Waals surface area contributed by atoms with E-state index >= 15 is 0 Å². The Bertz CT molecular complexity index is 1030. The first kappa shape index (κ1) is 24.0. The van der Waals surface area contributed by atoms with Gasteiger partial charge in [-0.2, -0.15) is 0 Å². The number of nitrogens with zero attached hydrogens (tertiary/aromatic N) is 1. The van der Waals surface area contributed by atoms with Crippen molar-refractivity contribution in [2.24, 2.45) is 0 Å². The zero-order valence-electron chi connectivity index (χ0n) is 19.2.